The van der Waals surface area contributed by atoms with Gasteiger partial charge in [0.15, 0.2) is 0 Å². The molecular weight excluding hydrogens is 224 g/mol. The maximum Gasteiger partial charge on any atom is 0.255 e. The highest BCUT2D eigenvalue weighted by molar-refractivity contribution is 6.14. The van der Waals surface area contributed by atoms with E-state index in [1.807, 2.05) is 0 Å². The smallest absolute Gasteiger partial charge is 0.255 e. The Morgan fingerprint density at radius 3 is 1.88 bits per heavy atom. The lowest BCUT2D eigenvalue weighted by Gasteiger charge is -2.29. The molecule has 88 valence electrons. The topological polar surface area (TPSA) is 74.8 Å². The molecule has 4 amide bonds. The summed E-state index contributed by atoms with van der Waals surface area (Å²) in [5.41, 5.74) is 0. The first kappa shape index (κ1) is 11.3. The lowest BCUT2D eigenvalue weighted by molar-refractivity contribution is -0.150. The molecule has 1 atom stereocenters. The Morgan fingerprint density at radius 1 is 1.00 bits per heavy atom. The molecule has 2 aliphatic heterocycles. The molecule has 2 heterocycles. The number of imide groups is 2. The van der Waals surface area contributed by atoms with E-state index in [1.54, 1.807) is 0 Å². The van der Waals surface area contributed by atoms with Crippen molar-refractivity contribution in [3.63, 3.8) is 0 Å². The molecule has 0 N–H and O–H groups in total. The van der Waals surface area contributed by atoms with E-state index in [9.17, 15) is 19.2 Å². The quantitative estimate of drug-likeness (QED) is 0.490. The van der Waals surface area contributed by atoms with Crippen molar-refractivity contribution in [2.24, 2.45) is 0 Å². The fourth-order valence-corrected chi connectivity index (χ4v) is 1.89. The molecule has 6 nitrogen and oxygen atoms in total. The van der Waals surface area contributed by atoms with Crippen molar-refractivity contribution >= 4 is 23.6 Å². The number of carbonyl (C=O) groups excluding carboxylic acids is 4. The summed E-state index contributed by atoms with van der Waals surface area (Å²) in [5.74, 6) is -1.89. The number of carbonyl (C=O) groups is 4. The second kappa shape index (κ2) is 3.97. The van der Waals surface area contributed by atoms with Crippen LogP contribution in [0.3, 0.4) is 0 Å². The van der Waals surface area contributed by atoms with Gasteiger partial charge in [-0.3, -0.25) is 24.1 Å². The molecule has 1 fully saturated rings. The van der Waals surface area contributed by atoms with Crippen LogP contribution >= 0.6 is 0 Å². The Hall–Kier alpha value is -2.24. The third-order valence-corrected chi connectivity index (χ3v) is 2.67. The van der Waals surface area contributed by atoms with E-state index in [1.165, 1.54) is 6.08 Å². The van der Waals surface area contributed by atoms with Gasteiger partial charge in [0.1, 0.15) is 6.17 Å². The summed E-state index contributed by atoms with van der Waals surface area (Å²) in [6.45, 7) is 3.47. The lowest BCUT2D eigenvalue weighted by atomic mass is 10.3. The van der Waals surface area contributed by atoms with Crippen LogP contribution in [0.4, 0.5) is 0 Å². The molecule has 1 saturated heterocycles. The molecule has 0 spiro atoms. The highest BCUT2D eigenvalue weighted by atomic mass is 16.2. The van der Waals surface area contributed by atoms with Crippen LogP contribution < -0.4 is 0 Å². The van der Waals surface area contributed by atoms with Crippen molar-refractivity contribution in [1.29, 1.82) is 0 Å². The van der Waals surface area contributed by atoms with Gasteiger partial charge in [-0.15, -0.1) is 0 Å². The first-order valence-electron chi connectivity index (χ1n) is 5.09. The minimum atomic E-state index is -1.02. The second-order valence-electron chi connectivity index (χ2n) is 3.69. The van der Waals surface area contributed by atoms with Crippen LogP contribution in [0.25, 0.3) is 0 Å². The van der Waals surface area contributed by atoms with Gasteiger partial charge in [-0.2, -0.15) is 0 Å². The Balaban J connectivity index is 2.31. The SMILES string of the molecule is C=CC(N1C(=O)C=CC1=O)N1C(=O)CCC1=O. The molecule has 0 aromatic carbocycles. The maximum atomic E-state index is 11.5. The summed E-state index contributed by atoms with van der Waals surface area (Å²) in [6, 6.07) is 0. The van der Waals surface area contributed by atoms with Crippen LogP contribution in [0, 0.1) is 0 Å². The summed E-state index contributed by atoms with van der Waals surface area (Å²) in [6.07, 6.45) is 2.63. The summed E-state index contributed by atoms with van der Waals surface area (Å²) >= 11 is 0. The van der Waals surface area contributed by atoms with Gasteiger partial charge in [-0.05, 0) is 6.08 Å². The molecular formula is C11H10N2O4. The fourth-order valence-electron chi connectivity index (χ4n) is 1.89. The first-order chi connectivity index (χ1) is 8.06. The molecule has 2 aliphatic rings. The highest BCUT2D eigenvalue weighted by Crippen LogP contribution is 2.21. The average Bonchev–Trinajstić information content (AvgIpc) is 2.78. The van der Waals surface area contributed by atoms with Crippen molar-refractivity contribution < 1.29 is 19.2 Å². The molecule has 2 rings (SSSR count). The van der Waals surface area contributed by atoms with Crippen molar-refractivity contribution in [1.82, 2.24) is 9.80 Å². The number of nitrogens with zero attached hydrogens (tertiary/aromatic N) is 2. The molecule has 0 radical (unpaired) electrons. The van der Waals surface area contributed by atoms with Gasteiger partial charge < -0.3 is 0 Å². The van der Waals surface area contributed by atoms with Gasteiger partial charge in [0.05, 0.1) is 0 Å². The van der Waals surface area contributed by atoms with Crippen LogP contribution in [-0.4, -0.2) is 39.6 Å². The summed E-state index contributed by atoms with van der Waals surface area (Å²) in [5, 5.41) is 0. The van der Waals surface area contributed by atoms with Gasteiger partial charge in [0.2, 0.25) is 11.8 Å². The number of amides is 4. The van der Waals surface area contributed by atoms with Crippen LogP contribution in [0.1, 0.15) is 12.8 Å². The van der Waals surface area contributed by atoms with Gasteiger partial charge >= 0.3 is 0 Å². The predicted octanol–water partition coefficient (Wildman–Crippen LogP) is -0.428. The van der Waals surface area contributed by atoms with E-state index in [0.717, 1.165) is 22.0 Å². The summed E-state index contributed by atoms with van der Waals surface area (Å²) < 4.78 is 0. The van der Waals surface area contributed by atoms with E-state index in [4.69, 9.17) is 0 Å². The molecule has 6 heteroatoms. The van der Waals surface area contributed by atoms with E-state index >= 15 is 0 Å². The zero-order chi connectivity index (χ0) is 12.6. The van der Waals surface area contributed by atoms with Crippen molar-refractivity contribution in [2.45, 2.75) is 19.0 Å². The van der Waals surface area contributed by atoms with Crippen molar-refractivity contribution in [2.75, 3.05) is 0 Å². The van der Waals surface area contributed by atoms with Crippen LogP contribution in [0.15, 0.2) is 24.8 Å². The van der Waals surface area contributed by atoms with Crippen molar-refractivity contribution in [3.8, 4) is 0 Å². The Morgan fingerprint density at radius 2 is 1.47 bits per heavy atom. The molecule has 17 heavy (non-hydrogen) atoms. The van der Waals surface area contributed by atoms with E-state index in [0.29, 0.717) is 0 Å². The number of rotatable bonds is 3. The minimum Gasteiger partial charge on any atom is -0.274 e. The van der Waals surface area contributed by atoms with Gasteiger partial charge in [-0.25, -0.2) is 4.90 Å². The average molecular weight is 234 g/mol. The molecule has 0 aromatic heterocycles. The van der Waals surface area contributed by atoms with Gasteiger partial charge in [-0.1, -0.05) is 6.58 Å². The molecule has 0 saturated carbocycles. The van der Waals surface area contributed by atoms with E-state index < -0.39 is 29.8 Å². The molecule has 1 unspecified atom stereocenters. The van der Waals surface area contributed by atoms with Crippen molar-refractivity contribution in [3.05, 3.63) is 24.8 Å². The summed E-state index contributed by atoms with van der Waals surface area (Å²) in [4.78, 5) is 47.8. The zero-order valence-electron chi connectivity index (χ0n) is 8.96. The second-order valence-corrected chi connectivity index (χ2v) is 3.69. The van der Waals surface area contributed by atoms with Gasteiger partial charge in [0, 0.05) is 25.0 Å². The van der Waals surface area contributed by atoms with Crippen LogP contribution in [0.5, 0.6) is 0 Å². The molecule has 0 aromatic rings. The largest absolute Gasteiger partial charge is 0.274 e. The number of likely N-dealkylation sites (tertiary alicyclic amines) is 1. The predicted molar refractivity (Wildman–Crippen MR) is 56.1 cm³/mol. The minimum absolute atomic E-state index is 0.104. The zero-order valence-corrected chi connectivity index (χ0v) is 8.96. The number of hydrogen-bond acceptors (Lipinski definition) is 4. The fraction of sp³-hybridized carbons (Fsp3) is 0.273. The highest BCUT2D eigenvalue weighted by Gasteiger charge is 2.41. The van der Waals surface area contributed by atoms with E-state index in [-0.39, 0.29) is 12.8 Å². The Kier molecular flexibility index (Phi) is 2.63. The van der Waals surface area contributed by atoms with Gasteiger partial charge in [0.25, 0.3) is 11.8 Å². The first-order valence-corrected chi connectivity index (χ1v) is 5.09. The van der Waals surface area contributed by atoms with Crippen LogP contribution in [0.2, 0.25) is 0 Å². The number of hydrogen-bond donors (Lipinski definition) is 0. The Labute approximate surface area is 97.2 Å². The summed E-state index contributed by atoms with van der Waals surface area (Å²) in [7, 11) is 0. The normalized spacial score (nSPS) is 21.6. The molecule has 0 aliphatic carbocycles. The third-order valence-electron chi connectivity index (χ3n) is 2.67. The van der Waals surface area contributed by atoms with E-state index in [2.05, 4.69) is 6.58 Å². The Bertz CT molecular complexity index is 430. The standard InChI is InChI=1S/C11H10N2O4/c1-2-7(12-8(14)3-4-9(12)15)13-10(16)5-6-11(13)17/h2-4,7H,1,5-6H2. The van der Waals surface area contributed by atoms with Crippen LogP contribution in [-0.2, 0) is 19.2 Å². The third kappa shape index (κ3) is 1.67. The molecule has 0 bridgehead atoms. The monoisotopic (exact) mass is 234 g/mol. The maximum absolute atomic E-state index is 11.5. The lowest BCUT2D eigenvalue weighted by Crippen LogP contribution is -2.51.